The van der Waals surface area contributed by atoms with E-state index in [-0.39, 0.29) is 4.88 Å². The number of nitrogens with zero attached hydrogens (tertiary/aromatic N) is 1. The van der Waals surface area contributed by atoms with Crippen LogP contribution in [0.3, 0.4) is 0 Å². The van der Waals surface area contributed by atoms with E-state index >= 15 is 0 Å². The van der Waals surface area contributed by atoms with Crippen LogP contribution in [0.25, 0.3) is 0 Å². The van der Waals surface area contributed by atoms with E-state index in [1.54, 1.807) is 6.92 Å². The maximum Gasteiger partial charge on any atom is 0.347 e. The number of carboxylic acids is 1. The molecule has 0 aliphatic carbocycles. The summed E-state index contributed by atoms with van der Waals surface area (Å²) in [7, 11) is 0. The largest absolute Gasteiger partial charge is 0.491 e. The number of carboxylic acid groups (broad SMARTS) is 1. The van der Waals surface area contributed by atoms with E-state index in [1.807, 2.05) is 31.2 Å². The molecule has 0 spiro atoms. The van der Waals surface area contributed by atoms with E-state index in [0.717, 1.165) is 29.2 Å². The molecule has 0 atom stereocenters. The van der Waals surface area contributed by atoms with Crippen molar-refractivity contribution in [2.45, 2.75) is 20.3 Å². The summed E-state index contributed by atoms with van der Waals surface area (Å²) in [5.74, 6) is -0.220. The molecule has 0 aliphatic rings. The number of nitrogens with one attached hydrogen (secondary N) is 1. The highest BCUT2D eigenvalue weighted by Crippen LogP contribution is 2.30. The Labute approximate surface area is 121 Å². The Balaban J connectivity index is 2.21. The first-order valence-electron chi connectivity index (χ1n) is 6.31. The Morgan fingerprint density at radius 3 is 2.85 bits per heavy atom. The fraction of sp³-hybridized carbons (Fsp3) is 0.286. The van der Waals surface area contributed by atoms with Crippen molar-refractivity contribution in [3.8, 4) is 5.75 Å². The number of aromatic nitrogens is 1. The first kappa shape index (κ1) is 14.3. The maximum absolute atomic E-state index is 11.0. The molecule has 2 rings (SSSR count). The molecule has 0 unspecified atom stereocenters. The number of carbonyl (C=O) groups is 1. The van der Waals surface area contributed by atoms with Crippen molar-refractivity contribution in [2.75, 3.05) is 11.9 Å². The number of aromatic carboxylic acids is 1. The van der Waals surface area contributed by atoms with Gasteiger partial charge in [0.15, 0.2) is 5.13 Å². The summed E-state index contributed by atoms with van der Waals surface area (Å²) in [5.41, 5.74) is 1.29. The molecule has 1 heterocycles. The molecule has 1 aromatic heterocycles. The number of thiazole rings is 1. The van der Waals surface area contributed by atoms with Crippen LogP contribution in [0.5, 0.6) is 5.75 Å². The summed E-state index contributed by atoms with van der Waals surface area (Å²) in [6.45, 7) is 4.36. The van der Waals surface area contributed by atoms with Crippen LogP contribution >= 0.6 is 11.3 Å². The average molecular weight is 292 g/mol. The van der Waals surface area contributed by atoms with Crippen LogP contribution in [0.1, 0.15) is 28.7 Å². The maximum atomic E-state index is 11.0. The lowest BCUT2D eigenvalue weighted by molar-refractivity contribution is 0.0701. The number of hydrogen-bond donors (Lipinski definition) is 2. The third-order valence-corrected chi connectivity index (χ3v) is 3.64. The average Bonchev–Trinajstić information content (AvgIpc) is 2.79. The molecule has 20 heavy (non-hydrogen) atoms. The number of ether oxygens (including phenoxy) is 1. The molecular formula is C14H16N2O3S. The van der Waals surface area contributed by atoms with E-state index in [9.17, 15) is 4.79 Å². The summed E-state index contributed by atoms with van der Waals surface area (Å²) >= 11 is 1.12. The van der Waals surface area contributed by atoms with Crippen LogP contribution in [0.15, 0.2) is 24.3 Å². The van der Waals surface area contributed by atoms with Gasteiger partial charge in [-0.3, -0.25) is 0 Å². The molecule has 0 radical (unpaired) electrons. The van der Waals surface area contributed by atoms with Crippen LogP contribution in [-0.4, -0.2) is 22.7 Å². The second kappa shape index (κ2) is 6.38. The van der Waals surface area contributed by atoms with E-state index < -0.39 is 5.97 Å². The van der Waals surface area contributed by atoms with Crippen molar-refractivity contribution in [2.24, 2.45) is 0 Å². The zero-order chi connectivity index (χ0) is 14.5. The molecule has 106 valence electrons. The van der Waals surface area contributed by atoms with Gasteiger partial charge in [0.05, 0.1) is 18.0 Å². The van der Waals surface area contributed by atoms with Crippen LogP contribution in [0, 0.1) is 6.92 Å². The fourth-order valence-electron chi connectivity index (χ4n) is 1.67. The van der Waals surface area contributed by atoms with E-state index in [0.29, 0.717) is 17.4 Å². The first-order valence-corrected chi connectivity index (χ1v) is 7.13. The van der Waals surface area contributed by atoms with Gasteiger partial charge in [-0.2, -0.15) is 0 Å². The predicted molar refractivity (Wildman–Crippen MR) is 79.3 cm³/mol. The van der Waals surface area contributed by atoms with Gasteiger partial charge in [0.1, 0.15) is 10.6 Å². The van der Waals surface area contributed by atoms with E-state index in [2.05, 4.69) is 10.3 Å². The summed E-state index contributed by atoms with van der Waals surface area (Å²) in [6.07, 6.45) is 0.924. The highest BCUT2D eigenvalue weighted by atomic mass is 32.1. The Morgan fingerprint density at radius 1 is 1.45 bits per heavy atom. The van der Waals surface area contributed by atoms with Gasteiger partial charge in [0.2, 0.25) is 0 Å². The number of aryl methyl sites for hydroxylation is 1. The third kappa shape index (κ3) is 3.27. The molecule has 0 fully saturated rings. The molecule has 0 saturated carbocycles. The first-order chi connectivity index (χ1) is 9.61. The zero-order valence-electron chi connectivity index (χ0n) is 11.3. The third-order valence-electron chi connectivity index (χ3n) is 2.58. The topological polar surface area (TPSA) is 71.5 Å². The lowest BCUT2D eigenvalue weighted by Gasteiger charge is -2.10. The van der Waals surface area contributed by atoms with Gasteiger partial charge in [-0.15, -0.1) is 0 Å². The Hall–Kier alpha value is -2.08. The summed E-state index contributed by atoms with van der Waals surface area (Å²) in [4.78, 5) is 15.5. The summed E-state index contributed by atoms with van der Waals surface area (Å²) in [5, 5.41) is 12.7. The summed E-state index contributed by atoms with van der Waals surface area (Å²) < 4.78 is 5.64. The number of anilines is 2. The van der Waals surface area contributed by atoms with Gasteiger partial charge in [0, 0.05) is 0 Å². The highest BCUT2D eigenvalue weighted by Gasteiger charge is 2.14. The molecule has 0 saturated heterocycles. The quantitative estimate of drug-likeness (QED) is 0.849. The Bertz CT molecular complexity index is 610. The lowest BCUT2D eigenvalue weighted by atomic mass is 10.3. The molecule has 0 amide bonds. The molecular weight excluding hydrogens is 276 g/mol. The second-order valence-corrected chi connectivity index (χ2v) is 5.21. The molecule has 5 nitrogen and oxygen atoms in total. The lowest BCUT2D eigenvalue weighted by Crippen LogP contribution is -1.99. The molecule has 0 aliphatic heterocycles. The minimum absolute atomic E-state index is 0.249. The molecule has 1 aromatic carbocycles. The molecule has 0 bridgehead atoms. The van der Waals surface area contributed by atoms with E-state index in [4.69, 9.17) is 9.84 Å². The monoisotopic (exact) mass is 292 g/mol. The van der Waals surface area contributed by atoms with Crippen LogP contribution in [0.2, 0.25) is 0 Å². The van der Waals surface area contributed by atoms with Crippen LogP contribution < -0.4 is 10.1 Å². The van der Waals surface area contributed by atoms with Crippen molar-refractivity contribution in [1.29, 1.82) is 0 Å². The standard InChI is InChI=1S/C14H16N2O3S/c1-3-8-19-11-7-5-4-6-10(11)16-14-15-9(2)12(20-14)13(17)18/h4-7H,3,8H2,1-2H3,(H,15,16)(H,17,18). The smallest absolute Gasteiger partial charge is 0.347 e. The van der Waals surface area contributed by atoms with Gasteiger partial charge in [-0.25, -0.2) is 9.78 Å². The van der Waals surface area contributed by atoms with Gasteiger partial charge >= 0.3 is 5.97 Å². The fourth-order valence-corrected chi connectivity index (χ4v) is 2.49. The minimum atomic E-state index is -0.955. The predicted octanol–water partition coefficient (Wildman–Crippen LogP) is 3.68. The number of rotatable bonds is 6. The van der Waals surface area contributed by atoms with Gasteiger partial charge in [-0.1, -0.05) is 30.4 Å². The number of para-hydroxylation sites is 2. The van der Waals surface area contributed by atoms with Crippen molar-refractivity contribution >= 4 is 28.1 Å². The van der Waals surface area contributed by atoms with Gasteiger partial charge in [-0.05, 0) is 25.5 Å². The molecule has 6 heteroatoms. The van der Waals surface area contributed by atoms with Gasteiger partial charge in [0.25, 0.3) is 0 Å². The Kier molecular flexibility index (Phi) is 4.57. The SMILES string of the molecule is CCCOc1ccccc1Nc1nc(C)c(C(=O)O)s1. The van der Waals surface area contributed by atoms with E-state index in [1.165, 1.54) is 0 Å². The normalized spacial score (nSPS) is 10.3. The molecule has 2 aromatic rings. The van der Waals surface area contributed by atoms with Crippen molar-refractivity contribution in [3.63, 3.8) is 0 Å². The second-order valence-electron chi connectivity index (χ2n) is 4.21. The Morgan fingerprint density at radius 2 is 2.20 bits per heavy atom. The highest BCUT2D eigenvalue weighted by molar-refractivity contribution is 7.17. The number of benzene rings is 1. The zero-order valence-corrected chi connectivity index (χ0v) is 12.2. The van der Waals surface area contributed by atoms with Crippen LogP contribution in [0.4, 0.5) is 10.8 Å². The van der Waals surface area contributed by atoms with Crippen LogP contribution in [-0.2, 0) is 0 Å². The van der Waals surface area contributed by atoms with Crippen molar-refractivity contribution < 1.29 is 14.6 Å². The van der Waals surface area contributed by atoms with Gasteiger partial charge < -0.3 is 15.2 Å². The molecule has 2 N–H and O–H groups in total. The van der Waals surface area contributed by atoms with Crippen molar-refractivity contribution in [1.82, 2.24) is 4.98 Å². The van der Waals surface area contributed by atoms with Crippen molar-refractivity contribution in [3.05, 3.63) is 34.8 Å². The number of hydrogen-bond acceptors (Lipinski definition) is 5. The summed E-state index contributed by atoms with van der Waals surface area (Å²) in [6, 6.07) is 7.53. The minimum Gasteiger partial charge on any atom is -0.491 e.